The lowest BCUT2D eigenvalue weighted by Gasteiger charge is -2.20. The zero-order valence-corrected chi connectivity index (χ0v) is 10.2. The Balaban J connectivity index is 2.60. The van der Waals surface area contributed by atoms with Gasteiger partial charge in [0.15, 0.2) is 0 Å². The van der Waals surface area contributed by atoms with Crippen molar-refractivity contribution in [1.29, 1.82) is 0 Å². The summed E-state index contributed by atoms with van der Waals surface area (Å²) in [5.41, 5.74) is 0.982. The Morgan fingerprint density at radius 2 is 2.00 bits per heavy atom. The van der Waals surface area contributed by atoms with Gasteiger partial charge in [0, 0.05) is 25.4 Å². The number of rotatable bonds is 4. The highest BCUT2D eigenvalue weighted by Crippen LogP contribution is 2.12. The first-order valence-electron chi connectivity index (χ1n) is 5.13. The van der Waals surface area contributed by atoms with E-state index in [-0.39, 0.29) is 17.6 Å². The summed E-state index contributed by atoms with van der Waals surface area (Å²) in [6.45, 7) is 2.34. The number of hydrogen-bond donors (Lipinski definition) is 1. The number of phenolic OH excluding ortho intramolecular Hbond substituents is 1. The lowest BCUT2D eigenvalue weighted by Crippen LogP contribution is -2.31. The topological polar surface area (TPSA) is 40.5 Å². The number of benzene rings is 1. The molecule has 16 heavy (non-hydrogen) atoms. The van der Waals surface area contributed by atoms with Crippen LogP contribution in [0.25, 0.3) is 0 Å². The van der Waals surface area contributed by atoms with Gasteiger partial charge in [0.1, 0.15) is 5.75 Å². The van der Waals surface area contributed by atoms with E-state index in [1.165, 1.54) is 0 Å². The molecule has 0 saturated heterocycles. The zero-order valence-electron chi connectivity index (χ0n) is 9.48. The van der Waals surface area contributed by atoms with Crippen molar-refractivity contribution in [3.8, 4) is 5.75 Å². The molecule has 0 spiro atoms. The Hall–Kier alpha value is -1.22. The Morgan fingerprint density at radius 1 is 1.44 bits per heavy atom. The second-order valence-corrected chi connectivity index (χ2v) is 4.22. The molecule has 0 aliphatic rings. The van der Waals surface area contributed by atoms with Crippen molar-refractivity contribution in [3.05, 3.63) is 29.8 Å². The van der Waals surface area contributed by atoms with Gasteiger partial charge in [-0.2, -0.15) is 0 Å². The number of alkyl halides is 1. The van der Waals surface area contributed by atoms with E-state index in [2.05, 4.69) is 0 Å². The summed E-state index contributed by atoms with van der Waals surface area (Å²) < 4.78 is 0. The summed E-state index contributed by atoms with van der Waals surface area (Å²) in [5.74, 6) is 0.428. The van der Waals surface area contributed by atoms with Crippen LogP contribution in [0.3, 0.4) is 0 Å². The van der Waals surface area contributed by atoms with Crippen LogP contribution in [0.5, 0.6) is 5.75 Å². The number of halogens is 1. The highest BCUT2D eigenvalue weighted by atomic mass is 35.5. The van der Waals surface area contributed by atoms with Crippen molar-refractivity contribution in [1.82, 2.24) is 4.90 Å². The summed E-state index contributed by atoms with van der Waals surface area (Å²) in [6, 6.07) is 6.81. The molecule has 1 unspecified atom stereocenters. The molecule has 88 valence electrons. The molecule has 1 N–H and O–H groups in total. The molecule has 0 radical (unpaired) electrons. The van der Waals surface area contributed by atoms with E-state index in [4.69, 9.17) is 16.7 Å². The van der Waals surface area contributed by atoms with Crippen molar-refractivity contribution < 1.29 is 9.90 Å². The number of nitrogens with zero attached hydrogens (tertiary/aromatic N) is 1. The summed E-state index contributed by atoms with van der Waals surface area (Å²) in [5, 5.41) is 9.13. The van der Waals surface area contributed by atoms with Gasteiger partial charge in [0.2, 0.25) is 5.91 Å². The lowest BCUT2D eigenvalue weighted by molar-refractivity contribution is -0.133. The van der Waals surface area contributed by atoms with Crippen molar-refractivity contribution in [2.24, 2.45) is 5.92 Å². The molecule has 0 aliphatic heterocycles. The second kappa shape index (κ2) is 5.75. The van der Waals surface area contributed by atoms with Gasteiger partial charge in [0.25, 0.3) is 0 Å². The van der Waals surface area contributed by atoms with E-state index in [1.807, 2.05) is 6.92 Å². The van der Waals surface area contributed by atoms with Gasteiger partial charge in [-0.3, -0.25) is 4.79 Å². The third-order valence-electron chi connectivity index (χ3n) is 2.39. The molecule has 0 fully saturated rings. The number of carbonyl (C=O) groups is 1. The van der Waals surface area contributed by atoms with E-state index >= 15 is 0 Å². The quantitative estimate of drug-likeness (QED) is 0.822. The van der Waals surface area contributed by atoms with E-state index in [0.29, 0.717) is 12.4 Å². The number of hydrogen-bond acceptors (Lipinski definition) is 2. The number of amides is 1. The molecule has 3 nitrogen and oxygen atoms in total. The molecule has 1 rings (SSSR count). The van der Waals surface area contributed by atoms with Crippen LogP contribution in [0, 0.1) is 5.92 Å². The standard InChI is InChI=1S/C12H16ClNO2/c1-9(7-13)12(16)14(2)8-10-3-5-11(15)6-4-10/h3-6,9,15H,7-8H2,1-2H3. The molecule has 0 bridgehead atoms. The largest absolute Gasteiger partial charge is 0.508 e. The highest BCUT2D eigenvalue weighted by Gasteiger charge is 2.16. The van der Waals surface area contributed by atoms with Crippen LogP contribution in [0.15, 0.2) is 24.3 Å². The van der Waals surface area contributed by atoms with Gasteiger partial charge in [-0.25, -0.2) is 0 Å². The molecule has 0 aromatic heterocycles. The summed E-state index contributed by atoms with van der Waals surface area (Å²) in [4.78, 5) is 13.4. The Bertz CT molecular complexity index is 351. The minimum Gasteiger partial charge on any atom is -0.508 e. The molecular weight excluding hydrogens is 226 g/mol. The van der Waals surface area contributed by atoms with Crippen LogP contribution in [0.1, 0.15) is 12.5 Å². The van der Waals surface area contributed by atoms with Crippen LogP contribution in [0.4, 0.5) is 0 Å². The van der Waals surface area contributed by atoms with E-state index in [1.54, 1.807) is 36.2 Å². The minimum absolute atomic E-state index is 0.0306. The van der Waals surface area contributed by atoms with Gasteiger partial charge in [-0.05, 0) is 17.7 Å². The first-order chi connectivity index (χ1) is 7.54. The zero-order chi connectivity index (χ0) is 12.1. The smallest absolute Gasteiger partial charge is 0.226 e. The fourth-order valence-corrected chi connectivity index (χ4v) is 1.53. The maximum atomic E-state index is 11.7. The third kappa shape index (κ3) is 3.42. The number of aromatic hydroxyl groups is 1. The third-order valence-corrected chi connectivity index (χ3v) is 2.85. The number of phenols is 1. The Labute approximate surface area is 101 Å². The predicted octanol–water partition coefficient (Wildman–Crippen LogP) is 2.23. The summed E-state index contributed by atoms with van der Waals surface area (Å²) >= 11 is 5.63. The Morgan fingerprint density at radius 3 is 2.50 bits per heavy atom. The van der Waals surface area contributed by atoms with Crippen molar-refractivity contribution in [2.45, 2.75) is 13.5 Å². The lowest BCUT2D eigenvalue weighted by atomic mass is 10.1. The van der Waals surface area contributed by atoms with Crippen LogP contribution in [-0.2, 0) is 11.3 Å². The van der Waals surface area contributed by atoms with Crippen LogP contribution >= 0.6 is 11.6 Å². The molecule has 0 aliphatic carbocycles. The fourth-order valence-electron chi connectivity index (χ4n) is 1.40. The van der Waals surface area contributed by atoms with E-state index in [9.17, 15) is 4.79 Å². The van der Waals surface area contributed by atoms with Crippen LogP contribution in [0.2, 0.25) is 0 Å². The predicted molar refractivity (Wildman–Crippen MR) is 64.5 cm³/mol. The summed E-state index contributed by atoms with van der Waals surface area (Å²) in [6.07, 6.45) is 0. The molecule has 1 aromatic rings. The van der Waals surface area contributed by atoms with Crippen molar-refractivity contribution >= 4 is 17.5 Å². The first kappa shape index (κ1) is 12.8. The molecule has 4 heteroatoms. The van der Waals surface area contributed by atoms with Gasteiger partial charge >= 0.3 is 0 Å². The van der Waals surface area contributed by atoms with E-state index in [0.717, 1.165) is 5.56 Å². The van der Waals surface area contributed by atoms with Gasteiger partial charge in [0.05, 0.1) is 0 Å². The number of carbonyl (C=O) groups excluding carboxylic acids is 1. The first-order valence-corrected chi connectivity index (χ1v) is 5.67. The molecule has 0 heterocycles. The normalized spacial score (nSPS) is 12.2. The Kier molecular flexibility index (Phi) is 4.62. The second-order valence-electron chi connectivity index (χ2n) is 3.92. The molecule has 1 atom stereocenters. The van der Waals surface area contributed by atoms with Gasteiger partial charge in [-0.15, -0.1) is 11.6 Å². The SMILES string of the molecule is CC(CCl)C(=O)N(C)Cc1ccc(O)cc1. The maximum absolute atomic E-state index is 11.7. The molecule has 1 amide bonds. The van der Waals surface area contributed by atoms with Crippen LogP contribution < -0.4 is 0 Å². The van der Waals surface area contributed by atoms with Gasteiger partial charge < -0.3 is 10.0 Å². The van der Waals surface area contributed by atoms with Gasteiger partial charge in [-0.1, -0.05) is 19.1 Å². The highest BCUT2D eigenvalue weighted by molar-refractivity contribution is 6.19. The molecular formula is C12H16ClNO2. The minimum atomic E-state index is -0.163. The molecule has 1 aromatic carbocycles. The average molecular weight is 242 g/mol. The summed E-state index contributed by atoms with van der Waals surface area (Å²) in [7, 11) is 1.75. The fraction of sp³-hybridized carbons (Fsp3) is 0.417. The maximum Gasteiger partial charge on any atom is 0.226 e. The van der Waals surface area contributed by atoms with Crippen molar-refractivity contribution in [2.75, 3.05) is 12.9 Å². The van der Waals surface area contributed by atoms with Crippen LogP contribution in [-0.4, -0.2) is 28.8 Å². The average Bonchev–Trinajstić information content (AvgIpc) is 2.30. The van der Waals surface area contributed by atoms with E-state index < -0.39 is 0 Å². The molecule has 0 saturated carbocycles. The van der Waals surface area contributed by atoms with Crippen molar-refractivity contribution in [3.63, 3.8) is 0 Å². The monoisotopic (exact) mass is 241 g/mol.